The maximum absolute atomic E-state index is 10.8. The van der Waals surface area contributed by atoms with Crippen molar-refractivity contribution in [2.75, 3.05) is 30.3 Å². The van der Waals surface area contributed by atoms with Crippen molar-refractivity contribution in [3.63, 3.8) is 0 Å². The van der Waals surface area contributed by atoms with E-state index < -0.39 is 4.92 Å². The molecule has 0 bridgehead atoms. The lowest BCUT2D eigenvalue weighted by Crippen LogP contribution is -2.59. The van der Waals surface area contributed by atoms with Gasteiger partial charge < -0.3 is 10.6 Å². The molecule has 114 valence electrons. The highest BCUT2D eigenvalue weighted by Gasteiger charge is 2.33. The van der Waals surface area contributed by atoms with Gasteiger partial charge in [0.05, 0.1) is 4.92 Å². The van der Waals surface area contributed by atoms with Crippen LogP contribution in [-0.4, -0.2) is 46.5 Å². The molecule has 7 heteroatoms. The lowest BCUT2D eigenvalue weighted by Gasteiger charge is -2.48. The highest BCUT2D eigenvalue weighted by atomic mass is 16.6. The van der Waals surface area contributed by atoms with E-state index in [0.717, 1.165) is 18.9 Å². The van der Waals surface area contributed by atoms with Gasteiger partial charge in [-0.25, -0.2) is 4.98 Å². The standard InChI is InChI=1S/C14H21N5O2/c1-10-8-17-7-3-2-4-11(17)9-18(10)13-6-5-12(19(20)21)14(15)16-13/h5-6,10-11H,2-4,7-9H2,1H3,(H2,15,16). The Labute approximate surface area is 123 Å². The van der Waals surface area contributed by atoms with Gasteiger partial charge >= 0.3 is 5.69 Å². The van der Waals surface area contributed by atoms with E-state index in [2.05, 4.69) is 21.7 Å². The highest BCUT2D eigenvalue weighted by Crippen LogP contribution is 2.29. The lowest BCUT2D eigenvalue weighted by molar-refractivity contribution is -0.384. The molecule has 0 aliphatic carbocycles. The van der Waals surface area contributed by atoms with Crippen LogP contribution in [0.25, 0.3) is 0 Å². The molecule has 2 aliphatic rings. The Kier molecular flexibility index (Phi) is 3.67. The molecule has 7 nitrogen and oxygen atoms in total. The van der Waals surface area contributed by atoms with Gasteiger partial charge in [0.25, 0.3) is 0 Å². The fourth-order valence-electron chi connectivity index (χ4n) is 3.44. The van der Waals surface area contributed by atoms with Crippen LogP contribution >= 0.6 is 0 Å². The van der Waals surface area contributed by atoms with Gasteiger partial charge in [0.2, 0.25) is 5.82 Å². The van der Waals surface area contributed by atoms with Crippen LogP contribution in [0.2, 0.25) is 0 Å². The Balaban J connectivity index is 1.82. The van der Waals surface area contributed by atoms with Crippen LogP contribution in [-0.2, 0) is 0 Å². The second-order valence-electron chi connectivity index (χ2n) is 5.98. The molecular weight excluding hydrogens is 270 g/mol. The van der Waals surface area contributed by atoms with Gasteiger partial charge in [-0.3, -0.25) is 15.0 Å². The SMILES string of the molecule is CC1CN2CCCCC2CN1c1ccc([N+](=O)[O-])c(N)n1. The summed E-state index contributed by atoms with van der Waals surface area (Å²) in [5, 5.41) is 10.8. The van der Waals surface area contributed by atoms with Crippen LogP contribution in [0.5, 0.6) is 0 Å². The minimum Gasteiger partial charge on any atom is -0.378 e. The largest absolute Gasteiger partial charge is 0.378 e. The van der Waals surface area contributed by atoms with Crippen molar-refractivity contribution >= 4 is 17.3 Å². The Morgan fingerprint density at radius 1 is 1.38 bits per heavy atom. The molecule has 3 rings (SSSR count). The highest BCUT2D eigenvalue weighted by molar-refractivity contribution is 5.58. The van der Waals surface area contributed by atoms with E-state index in [-0.39, 0.29) is 11.5 Å². The summed E-state index contributed by atoms with van der Waals surface area (Å²) in [5.74, 6) is 0.742. The minimum absolute atomic E-state index is 0.00391. The third-order valence-electron chi connectivity index (χ3n) is 4.57. The number of anilines is 2. The van der Waals surface area contributed by atoms with Crippen LogP contribution in [0.1, 0.15) is 26.2 Å². The molecule has 2 fully saturated rings. The summed E-state index contributed by atoms with van der Waals surface area (Å²) in [5.41, 5.74) is 5.59. The zero-order chi connectivity index (χ0) is 15.0. The second-order valence-corrected chi connectivity index (χ2v) is 5.98. The average molecular weight is 291 g/mol. The summed E-state index contributed by atoms with van der Waals surface area (Å²) in [6, 6.07) is 4.07. The average Bonchev–Trinajstić information content (AvgIpc) is 2.46. The third-order valence-corrected chi connectivity index (χ3v) is 4.57. The first-order valence-corrected chi connectivity index (χ1v) is 7.48. The molecule has 0 radical (unpaired) electrons. The zero-order valence-corrected chi connectivity index (χ0v) is 12.2. The van der Waals surface area contributed by atoms with Crippen molar-refractivity contribution in [1.82, 2.24) is 9.88 Å². The van der Waals surface area contributed by atoms with E-state index >= 15 is 0 Å². The van der Waals surface area contributed by atoms with Crippen LogP contribution < -0.4 is 10.6 Å². The number of nitrogen functional groups attached to an aromatic ring is 1. The van der Waals surface area contributed by atoms with Crippen LogP contribution in [0.15, 0.2) is 12.1 Å². The summed E-state index contributed by atoms with van der Waals surface area (Å²) in [7, 11) is 0. The van der Waals surface area contributed by atoms with Crippen molar-refractivity contribution in [3.8, 4) is 0 Å². The molecule has 0 spiro atoms. The van der Waals surface area contributed by atoms with Gasteiger partial charge in [-0.2, -0.15) is 0 Å². The van der Waals surface area contributed by atoms with Gasteiger partial charge in [0.1, 0.15) is 5.82 Å². The third kappa shape index (κ3) is 2.65. The van der Waals surface area contributed by atoms with Crippen LogP contribution in [0.3, 0.4) is 0 Å². The maximum Gasteiger partial charge on any atom is 0.311 e. The molecule has 2 saturated heterocycles. The smallest absolute Gasteiger partial charge is 0.311 e. The van der Waals surface area contributed by atoms with E-state index in [1.54, 1.807) is 6.07 Å². The molecule has 0 aromatic carbocycles. The van der Waals surface area contributed by atoms with Gasteiger partial charge in [-0.1, -0.05) is 6.42 Å². The first-order chi connectivity index (χ1) is 10.1. The second kappa shape index (κ2) is 5.48. The first kappa shape index (κ1) is 14.1. The van der Waals surface area contributed by atoms with Crippen LogP contribution in [0, 0.1) is 10.1 Å². The van der Waals surface area contributed by atoms with E-state index in [4.69, 9.17) is 5.73 Å². The number of nitrogens with zero attached hydrogens (tertiary/aromatic N) is 4. The number of pyridine rings is 1. The predicted molar refractivity (Wildman–Crippen MR) is 81.3 cm³/mol. The number of fused-ring (bicyclic) bond motifs is 1. The number of hydrogen-bond donors (Lipinski definition) is 1. The molecular formula is C14H21N5O2. The summed E-state index contributed by atoms with van der Waals surface area (Å²) in [4.78, 5) is 19.4. The van der Waals surface area contributed by atoms with Crippen molar-refractivity contribution in [2.24, 2.45) is 0 Å². The van der Waals surface area contributed by atoms with Crippen molar-refractivity contribution < 1.29 is 4.92 Å². The zero-order valence-electron chi connectivity index (χ0n) is 12.2. The number of piperidine rings is 1. The Morgan fingerprint density at radius 3 is 2.90 bits per heavy atom. The number of aromatic nitrogens is 1. The van der Waals surface area contributed by atoms with Crippen molar-refractivity contribution in [2.45, 2.75) is 38.3 Å². The predicted octanol–water partition coefficient (Wildman–Crippen LogP) is 1.64. The number of nitro groups is 1. The Morgan fingerprint density at radius 2 is 2.19 bits per heavy atom. The van der Waals surface area contributed by atoms with E-state index in [0.29, 0.717) is 12.1 Å². The molecule has 0 saturated carbocycles. The quantitative estimate of drug-likeness (QED) is 0.658. The lowest BCUT2D eigenvalue weighted by atomic mass is 9.97. The minimum atomic E-state index is -0.491. The Bertz CT molecular complexity index is 550. The Hall–Kier alpha value is -1.89. The molecule has 1 aromatic rings. The fraction of sp³-hybridized carbons (Fsp3) is 0.643. The number of piperazine rings is 1. The van der Waals surface area contributed by atoms with E-state index in [1.165, 1.54) is 31.9 Å². The van der Waals surface area contributed by atoms with Crippen LogP contribution in [0.4, 0.5) is 17.3 Å². The van der Waals surface area contributed by atoms with Gasteiger partial charge in [0.15, 0.2) is 0 Å². The summed E-state index contributed by atoms with van der Waals surface area (Å²) in [6.45, 7) is 5.29. The molecule has 1 aromatic heterocycles. The summed E-state index contributed by atoms with van der Waals surface area (Å²) >= 11 is 0. The monoisotopic (exact) mass is 291 g/mol. The normalized spacial score (nSPS) is 26.4. The fourth-order valence-corrected chi connectivity index (χ4v) is 3.44. The maximum atomic E-state index is 10.8. The summed E-state index contributed by atoms with van der Waals surface area (Å²) in [6.07, 6.45) is 3.77. The van der Waals surface area contributed by atoms with Gasteiger partial charge in [-0.15, -0.1) is 0 Å². The van der Waals surface area contributed by atoms with Gasteiger partial charge in [0, 0.05) is 31.2 Å². The number of rotatable bonds is 2. The molecule has 2 N–H and O–H groups in total. The first-order valence-electron chi connectivity index (χ1n) is 7.48. The number of nitrogens with two attached hydrogens (primary N) is 1. The van der Waals surface area contributed by atoms with E-state index in [1.807, 2.05) is 0 Å². The van der Waals surface area contributed by atoms with E-state index in [9.17, 15) is 10.1 Å². The molecule has 3 heterocycles. The van der Waals surface area contributed by atoms with Crippen molar-refractivity contribution in [1.29, 1.82) is 0 Å². The number of hydrogen-bond acceptors (Lipinski definition) is 6. The molecule has 0 amide bonds. The van der Waals surface area contributed by atoms with Gasteiger partial charge in [-0.05, 0) is 32.4 Å². The van der Waals surface area contributed by atoms with Crippen molar-refractivity contribution in [3.05, 3.63) is 22.2 Å². The molecule has 21 heavy (non-hydrogen) atoms. The summed E-state index contributed by atoms with van der Waals surface area (Å²) < 4.78 is 0. The molecule has 2 aliphatic heterocycles. The topological polar surface area (TPSA) is 88.5 Å². The molecule has 2 unspecified atom stereocenters. The molecule has 2 atom stereocenters.